The van der Waals surface area contributed by atoms with Crippen LogP contribution in [0.5, 0.6) is 5.75 Å². The summed E-state index contributed by atoms with van der Waals surface area (Å²) in [5.41, 5.74) is -1.60. The summed E-state index contributed by atoms with van der Waals surface area (Å²) in [5, 5.41) is 40.2. The Morgan fingerprint density at radius 3 is 2.27 bits per heavy atom. The molecule has 0 aromatic heterocycles. The van der Waals surface area contributed by atoms with Crippen LogP contribution in [-0.2, 0) is 10.1 Å². The molecule has 0 saturated carbocycles. The van der Waals surface area contributed by atoms with Gasteiger partial charge in [0.1, 0.15) is 10.6 Å². The molecule has 154 valence electrons. The summed E-state index contributed by atoms with van der Waals surface area (Å²) in [6.45, 7) is 1.74. The summed E-state index contributed by atoms with van der Waals surface area (Å²) in [7, 11) is -4.85. The molecule has 0 heterocycles. The maximum atomic E-state index is 11.8. The summed E-state index contributed by atoms with van der Waals surface area (Å²) in [6, 6.07) is 8.38. The fourth-order valence-corrected chi connectivity index (χ4v) is 3.38. The Hall–Kier alpha value is -3.97. The Kier molecular flexibility index (Phi) is 5.16. The van der Waals surface area contributed by atoms with Crippen LogP contribution in [0.25, 0.3) is 10.8 Å². The molecule has 0 saturated heterocycles. The standard InChI is InChI=1S/C17H12N4O8S/c1-9-2-4-12-10(6-9)7-15(30(27,28)29)16(17(12)22)19-18-13-5-3-11(20(23)24)8-14(13)21(25)26/h2-8,22H,1H3,(H,27,28,29)/b19-18+. The molecule has 2 N–H and O–H groups in total. The van der Waals surface area contributed by atoms with E-state index in [1.165, 1.54) is 6.07 Å². The molecular formula is C17H12N4O8S. The average molecular weight is 432 g/mol. The van der Waals surface area contributed by atoms with E-state index in [0.717, 1.165) is 23.8 Å². The minimum Gasteiger partial charge on any atom is -0.505 e. The van der Waals surface area contributed by atoms with Crippen LogP contribution in [0.15, 0.2) is 57.6 Å². The van der Waals surface area contributed by atoms with Crippen molar-refractivity contribution in [2.75, 3.05) is 0 Å². The van der Waals surface area contributed by atoms with E-state index in [2.05, 4.69) is 10.2 Å². The first-order chi connectivity index (χ1) is 14.0. The molecule has 0 atom stereocenters. The number of phenols is 1. The lowest BCUT2D eigenvalue weighted by Gasteiger charge is -2.09. The number of benzene rings is 3. The van der Waals surface area contributed by atoms with Gasteiger partial charge in [0.15, 0.2) is 11.4 Å². The Morgan fingerprint density at radius 1 is 0.967 bits per heavy atom. The van der Waals surface area contributed by atoms with E-state index in [4.69, 9.17) is 0 Å². The first-order valence-corrected chi connectivity index (χ1v) is 9.51. The van der Waals surface area contributed by atoms with Crippen LogP contribution in [0.2, 0.25) is 0 Å². The quantitative estimate of drug-likeness (QED) is 0.258. The lowest BCUT2D eigenvalue weighted by atomic mass is 10.1. The van der Waals surface area contributed by atoms with Crippen LogP contribution in [0.3, 0.4) is 0 Å². The molecule has 3 aromatic rings. The highest BCUT2D eigenvalue weighted by atomic mass is 32.2. The Bertz CT molecular complexity index is 1350. The van der Waals surface area contributed by atoms with Crippen molar-refractivity contribution in [1.29, 1.82) is 0 Å². The number of aryl methyl sites for hydroxylation is 1. The van der Waals surface area contributed by atoms with Crippen molar-refractivity contribution in [2.45, 2.75) is 11.8 Å². The van der Waals surface area contributed by atoms with Crippen molar-refractivity contribution >= 4 is 43.6 Å². The lowest BCUT2D eigenvalue weighted by molar-refractivity contribution is -0.393. The molecule has 0 spiro atoms. The number of azo groups is 1. The van der Waals surface area contributed by atoms with E-state index in [1.54, 1.807) is 19.1 Å². The molecule has 0 aliphatic rings. The van der Waals surface area contributed by atoms with Crippen LogP contribution in [-0.4, -0.2) is 27.9 Å². The predicted molar refractivity (Wildman–Crippen MR) is 104 cm³/mol. The van der Waals surface area contributed by atoms with E-state index in [9.17, 15) is 38.3 Å². The third-order valence-electron chi connectivity index (χ3n) is 4.11. The van der Waals surface area contributed by atoms with Gasteiger partial charge in [-0.1, -0.05) is 23.8 Å². The SMILES string of the molecule is Cc1ccc2c(O)c(/N=N/c3ccc([N+](=O)[O-])cc3[N+](=O)[O-])c(S(=O)(=O)O)cc2c1. The molecule has 3 aromatic carbocycles. The molecule has 0 amide bonds. The fourth-order valence-electron chi connectivity index (χ4n) is 2.72. The zero-order valence-corrected chi connectivity index (χ0v) is 15.9. The van der Waals surface area contributed by atoms with Crippen molar-refractivity contribution in [3.05, 3.63) is 68.3 Å². The zero-order valence-electron chi connectivity index (χ0n) is 15.1. The molecule has 0 aliphatic carbocycles. The zero-order chi connectivity index (χ0) is 22.2. The molecule has 0 aliphatic heterocycles. The van der Waals surface area contributed by atoms with Gasteiger partial charge in [0.2, 0.25) is 0 Å². The van der Waals surface area contributed by atoms with Gasteiger partial charge in [-0.05, 0) is 24.4 Å². The third kappa shape index (κ3) is 3.92. The number of nitro benzene ring substituents is 2. The monoisotopic (exact) mass is 432 g/mol. The largest absolute Gasteiger partial charge is 0.505 e. The molecule has 13 heteroatoms. The second-order valence-electron chi connectivity index (χ2n) is 6.16. The first kappa shape index (κ1) is 20.8. The molecular weight excluding hydrogens is 420 g/mol. The number of rotatable bonds is 5. The number of nitrogens with zero attached hydrogens (tertiary/aromatic N) is 4. The number of fused-ring (bicyclic) bond motifs is 1. The topological polar surface area (TPSA) is 186 Å². The van der Waals surface area contributed by atoms with Gasteiger partial charge in [-0.25, -0.2) is 0 Å². The summed E-state index contributed by atoms with van der Waals surface area (Å²) in [6.07, 6.45) is 0. The van der Waals surface area contributed by atoms with Crippen LogP contribution in [0.1, 0.15) is 5.56 Å². The molecule has 3 rings (SSSR count). The second kappa shape index (κ2) is 7.46. The Labute approximate surface area is 168 Å². The Balaban J connectivity index is 2.24. The van der Waals surface area contributed by atoms with E-state index < -0.39 is 53.4 Å². The van der Waals surface area contributed by atoms with Gasteiger partial charge in [-0.2, -0.15) is 8.42 Å². The maximum absolute atomic E-state index is 11.8. The summed E-state index contributed by atoms with van der Waals surface area (Å²) in [5.74, 6) is -0.617. The fraction of sp³-hybridized carbons (Fsp3) is 0.0588. The van der Waals surface area contributed by atoms with Crippen molar-refractivity contribution in [2.24, 2.45) is 10.2 Å². The summed E-state index contributed by atoms with van der Waals surface area (Å²) in [4.78, 5) is 19.5. The van der Waals surface area contributed by atoms with Gasteiger partial charge in [-0.3, -0.25) is 24.8 Å². The summed E-state index contributed by atoms with van der Waals surface area (Å²) >= 11 is 0. The van der Waals surface area contributed by atoms with Gasteiger partial charge in [0.25, 0.3) is 15.8 Å². The molecule has 0 unspecified atom stereocenters. The van der Waals surface area contributed by atoms with Crippen LogP contribution >= 0.6 is 0 Å². The van der Waals surface area contributed by atoms with Crippen molar-refractivity contribution < 1.29 is 27.9 Å². The van der Waals surface area contributed by atoms with Crippen molar-refractivity contribution in [1.82, 2.24) is 0 Å². The van der Waals surface area contributed by atoms with Crippen molar-refractivity contribution in [3.8, 4) is 5.75 Å². The van der Waals surface area contributed by atoms with Gasteiger partial charge in [0, 0.05) is 11.5 Å². The highest BCUT2D eigenvalue weighted by molar-refractivity contribution is 7.86. The van der Waals surface area contributed by atoms with Gasteiger partial charge in [-0.15, -0.1) is 10.2 Å². The number of hydrogen-bond acceptors (Lipinski definition) is 9. The normalized spacial score (nSPS) is 11.8. The molecule has 0 bridgehead atoms. The molecule has 12 nitrogen and oxygen atoms in total. The smallest absolute Gasteiger partial charge is 0.303 e. The van der Waals surface area contributed by atoms with E-state index in [0.29, 0.717) is 11.5 Å². The average Bonchev–Trinajstić information content (AvgIpc) is 2.65. The Morgan fingerprint density at radius 2 is 1.67 bits per heavy atom. The number of nitro groups is 2. The minimum absolute atomic E-state index is 0.208. The van der Waals surface area contributed by atoms with E-state index in [1.807, 2.05) is 0 Å². The number of aromatic hydroxyl groups is 1. The predicted octanol–water partition coefficient (Wildman–Crippen LogP) is 4.33. The molecule has 0 fully saturated rings. The second-order valence-corrected chi connectivity index (χ2v) is 7.55. The number of phenolic OH excluding ortho intramolecular Hbond substituents is 1. The first-order valence-electron chi connectivity index (χ1n) is 8.07. The summed E-state index contributed by atoms with van der Waals surface area (Å²) < 4.78 is 33.1. The highest BCUT2D eigenvalue weighted by Crippen LogP contribution is 2.42. The lowest BCUT2D eigenvalue weighted by Crippen LogP contribution is -1.99. The minimum atomic E-state index is -4.85. The van der Waals surface area contributed by atoms with Gasteiger partial charge < -0.3 is 5.11 Å². The van der Waals surface area contributed by atoms with Crippen LogP contribution in [0.4, 0.5) is 22.7 Å². The number of non-ortho nitro benzene ring substituents is 1. The molecule has 0 radical (unpaired) electrons. The van der Waals surface area contributed by atoms with Crippen LogP contribution < -0.4 is 0 Å². The number of hydrogen-bond donors (Lipinski definition) is 2. The van der Waals surface area contributed by atoms with Crippen LogP contribution in [0, 0.1) is 27.2 Å². The molecule has 30 heavy (non-hydrogen) atoms. The maximum Gasteiger partial charge on any atom is 0.303 e. The van der Waals surface area contributed by atoms with Gasteiger partial charge >= 0.3 is 5.69 Å². The highest BCUT2D eigenvalue weighted by Gasteiger charge is 2.23. The van der Waals surface area contributed by atoms with E-state index >= 15 is 0 Å². The third-order valence-corrected chi connectivity index (χ3v) is 4.98. The van der Waals surface area contributed by atoms with E-state index in [-0.39, 0.29) is 5.39 Å². The van der Waals surface area contributed by atoms with Crippen molar-refractivity contribution in [3.63, 3.8) is 0 Å². The van der Waals surface area contributed by atoms with Gasteiger partial charge in [0.05, 0.1) is 15.9 Å².